The van der Waals surface area contributed by atoms with Gasteiger partial charge in [-0.25, -0.2) is 4.79 Å². The van der Waals surface area contributed by atoms with Gasteiger partial charge in [0.1, 0.15) is 0 Å². The number of ketones is 1. The second-order valence-corrected chi connectivity index (χ2v) is 5.86. The molecule has 0 saturated heterocycles. The van der Waals surface area contributed by atoms with Crippen molar-refractivity contribution in [3.8, 4) is 5.75 Å². The van der Waals surface area contributed by atoms with Crippen LogP contribution in [0.1, 0.15) is 39.0 Å². The standard InChI is InChI=1S/C17H17ClN2O6/c1-4-25-17(22)16-10(3)19-9(2)15(16)13(21)8-26-14-6-5-11(18)7-12(14)20(23)24/h5-7,19H,4,8H2,1-3H3. The highest BCUT2D eigenvalue weighted by Gasteiger charge is 2.26. The number of aromatic amines is 1. The molecule has 0 unspecified atom stereocenters. The van der Waals surface area contributed by atoms with Crippen molar-refractivity contribution >= 4 is 29.0 Å². The molecule has 0 spiro atoms. The van der Waals surface area contributed by atoms with Crippen LogP contribution in [0, 0.1) is 24.0 Å². The molecule has 9 heteroatoms. The molecule has 0 fully saturated rings. The number of hydrogen-bond donors (Lipinski definition) is 1. The number of carbonyl (C=O) groups is 2. The SMILES string of the molecule is CCOC(=O)c1c(C)[nH]c(C)c1C(=O)COc1ccc(Cl)cc1[N+](=O)[O-]. The van der Waals surface area contributed by atoms with E-state index in [1.165, 1.54) is 12.1 Å². The number of nitrogens with zero attached hydrogens (tertiary/aromatic N) is 1. The number of hydrogen-bond acceptors (Lipinski definition) is 6. The van der Waals surface area contributed by atoms with Crippen molar-refractivity contribution in [3.63, 3.8) is 0 Å². The third kappa shape index (κ3) is 4.02. The van der Waals surface area contributed by atoms with E-state index in [2.05, 4.69) is 4.98 Å². The molecular formula is C17H17ClN2O6. The summed E-state index contributed by atoms with van der Waals surface area (Å²) in [6, 6.07) is 3.87. The van der Waals surface area contributed by atoms with E-state index < -0.39 is 23.3 Å². The quantitative estimate of drug-likeness (QED) is 0.340. The molecule has 2 rings (SSSR count). The second-order valence-electron chi connectivity index (χ2n) is 5.43. The Balaban J connectivity index is 2.27. The van der Waals surface area contributed by atoms with Crippen molar-refractivity contribution < 1.29 is 24.0 Å². The summed E-state index contributed by atoms with van der Waals surface area (Å²) in [5.41, 5.74) is 0.936. The van der Waals surface area contributed by atoms with Crippen LogP contribution in [0.3, 0.4) is 0 Å². The summed E-state index contributed by atoms with van der Waals surface area (Å²) in [7, 11) is 0. The Morgan fingerprint density at radius 2 is 1.88 bits per heavy atom. The molecule has 0 saturated carbocycles. The molecule has 0 aliphatic heterocycles. The number of nitrogens with one attached hydrogen (secondary N) is 1. The maximum Gasteiger partial charge on any atom is 0.340 e. The van der Waals surface area contributed by atoms with Gasteiger partial charge in [0.2, 0.25) is 5.78 Å². The minimum atomic E-state index is -0.651. The predicted octanol–water partition coefficient (Wildman–Crippen LogP) is 3.63. The van der Waals surface area contributed by atoms with Crippen LogP contribution in [-0.2, 0) is 4.74 Å². The highest BCUT2D eigenvalue weighted by Crippen LogP contribution is 2.30. The minimum absolute atomic E-state index is 0.0876. The van der Waals surface area contributed by atoms with Crippen LogP contribution in [0.4, 0.5) is 5.69 Å². The number of esters is 1. The summed E-state index contributed by atoms with van der Waals surface area (Å²) in [5.74, 6) is -1.20. The average Bonchev–Trinajstić information content (AvgIpc) is 2.87. The number of carbonyl (C=O) groups excluding carboxylic acids is 2. The normalized spacial score (nSPS) is 10.5. The lowest BCUT2D eigenvalue weighted by molar-refractivity contribution is -0.385. The number of rotatable bonds is 7. The first kappa shape index (κ1) is 19.5. The zero-order valence-electron chi connectivity index (χ0n) is 14.4. The molecule has 138 valence electrons. The van der Waals surface area contributed by atoms with E-state index in [-0.39, 0.29) is 34.2 Å². The summed E-state index contributed by atoms with van der Waals surface area (Å²) in [6.07, 6.45) is 0. The van der Waals surface area contributed by atoms with Gasteiger partial charge in [-0.05, 0) is 32.9 Å². The molecule has 2 aromatic rings. The topological polar surface area (TPSA) is 112 Å². The number of H-pyrrole nitrogens is 1. The average molecular weight is 381 g/mol. The largest absolute Gasteiger partial charge is 0.478 e. The van der Waals surface area contributed by atoms with Gasteiger partial charge < -0.3 is 14.5 Å². The number of Topliss-reactive ketones (excluding diaryl/α,β-unsaturated/α-hetero) is 1. The lowest BCUT2D eigenvalue weighted by atomic mass is 10.1. The smallest absolute Gasteiger partial charge is 0.340 e. The van der Waals surface area contributed by atoms with Gasteiger partial charge in [0.05, 0.1) is 22.7 Å². The molecule has 0 aliphatic rings. The third-order valence-electron chi connectivity index (χ3n) is 3.61. The molecule has 1 heterocycles. The van der Waals surface area contributed by atoms with Crippen molar-refractivity contribution in [3.05, 3.63) is 55.9 Å². The number of benzene rings is 1. The highest BCUT2D eigenvalue weighted by atomic mass is 35.5. The van der Waals surface area contributed by atoms with Gasteiger partial charge in [-0.2, -0.15) is 0 Å². The molecule has 1 aromatic carbocycles. The maximum atomic E-state index is 12.6. The fourth-order valence-corrected chi connectivity index (χ4v) is 2.73. The van der Waals surface area contributed by atoms with E-state index in [9.17, 15) is 19.7 Å². The Bertz CT molecular complexity index is 874. The summed E-state index contributed by atoms with van der Waals surface area (Å²) < 4.78 is 10.3. The van der Waals surface area contributed by atoms with Crippen molar-refractivity contribution in [1.29, 1.82) is 0 Å². The Morgan fingerprint density at radius 1 is 1.23 bits per heavy atom. The molecule has 0 radical (unpaired) electrons. The van der Waals surface area contributed by atoms with Gasteiger partial charge in [0.25, 0.3) is 0 Å². The van der Waals surface area contributed by atoms with Crippen molar-refractivity contribution in [2.45, 2.75) is 20.8 Å². The molecule has 1 N–H and O–H groups in total. The Labute approximate surface area is 154 Å². The van der Waals surface area contributed by atoms with Crippen LogP contribution < -0.4 is 4.74 Å². The van der Waals surface area contributed by atoms with Crippen molar-refractivity contribution in [2.24, 2.45) is 0 Å². The highest BCUT2D eigenvalue weighted by molar-refractivity contribution is 6.30. The van der Waals surface area contributed by atoms with Gasteiger partial charge in [-0.15, -0.1) is 0 Å². The summed E-state index contributed by atoms with van der Waals surface area (Å²) in [4.78, 5) is 38.1. The molecule has 0 amide bonds. The molecule has 0 aliphatic carbocycles. The van der Waals surface area contributed by atoms with E-state index in [1.54, 1.807) is 20.8 Å². The molecule has 26 heavy (non-hydrogen) atoms. The van der Waals surface area contributed by atoms with Crippen molar-refractivity contribution in [1.82, 2.24) is 4.98 Å². The summed E-state index contributed by atoms with van der Waals surface area (Å²) >= 11 is 5.75. The fourth-order valence-electron chi connectivity index (χ4n) is 2.56. The number of halogens is 1. The van der Waals surface area contributed by atoms with Crippen LogP contribution in [-0.4, -0.2) is 34.9 Å². The number of nitro groups is 1. The zero-order valence-corrected chi connectivity index (χ0v) is 15.2. The van der Waals surface area contributed by atoms with Gasteiger partial charge in [-0.1, -0.05) is 11.6 Å². The predicted molar refractivity (Wildman–Crippen MR) is 94.2 cm³/mol. The molecule has 8 nitrogen and oxygen atoms in total. The third-order valence-corrected chi connectivity index (χ3v) is 3.84. The van der Waals surface area contributed by atoms with E-state index in [1.807, 2.05) is 0 Å². The molecule has 0 bridgehead atoms. The van der Waals surface area contributed by atoms with E-state index >= 15 is 0 Å². The number of aromatic nitrogens is 1. The Hall–Kier alpha value is -2.87. The van der Waals surface area contributed by atoms with Crippen molar-refractivity contribution in [2.75, 3.05) is 13.2 Å². The monoisotopic (exact) mass is 380 g/mol. The molecule has 1 aromatic heterocycles. The lowest BCUT2D eigenvalue weighted by Crippen LogP contribution is -2.17. The lowest BCUT2D eigenvalue weighted by Gasteiger charge is -2.08. The Morgan fingerprint density at radius 3 is 2.50 bits per heavy atom. The van der Waals surface area contributed by atoms with Gasteiger partial charge in [-0.3, -0.25) is 14.9 Å². The van der Waals surface area contributed by atoms with Crippen LogP contribution >= 0.6 is 11.6 Å². The number of aryl methyl sites for hydroxylation is 2. The van der Waals surface area contributed by atoms with Crippen LogP contribution in [0.15, 0.2) is 18.2 Å². The first-order chi connectivity index (χ1) is 12.3. The van der Waals surface area contributed by atoms with Crippen LogP contribution in [0.2, 0.25) is 5.02 Å². The van der Waals surface area contributed by atoms with Gasteiger partial charge >= 0.3 is 11.7 Å². The Kier molecular flexibility index (Phi) is 5.99. The fraction of sp³-hybridized carbons (Fsp3) is 0.294. The minimum Gasteiger partial charge on any atom is -0.478 e. The van der Waals surface area contributed by atoms with Gasteiger partial charge in [0.15, 0.2) is 12.4 Å². The molecular weight excluding hydrogens is 364 g/mol. The van der Waals surface area contributed by atoms with Crippen LogP contribution in [0.25, 0.3) is 0 Å². The summed E-state index contributed by atoms with van der Waals surface area (Å²) in [5, 5.41) is 11.3. The second kappa shape index (κ2) is 8.01. The van der Waals surface area contributed by atoms with Crippen LogP contribution in [0.5, 0.6) is 5.75 Å². The van der Waals surface area contributed by atoms with E-state index in [4.69, 9.17) is 21.1 Å². The molecule has 0 atom stereocenters. The van der Waals surface area contributed by atoms with Gasteiger partial charge in [0, 0.05) is 22.5 Å². The van der Waals surface area contributed by atoms with E-state index in [0.29, 0.717) is 11.4 Å². The first-order valence-corrected chi connectivity index (χ1v) is 8.10. The maximum absolute atomic E-state index is 12.6. The number of nitro benzene ring substituents is 1. The summed E-state index contributed by atoms with van der Waals surface area (Å²) in [6.45, 7) is 4.66. The first-order valence-electron chi connectivity index (χ1n) is 7.72. The number of ether oxygens (including phenoxy) is 2. The zero-order chi connectivity index (χ0) is 19.4. The van der Waals surface area contributed by atoms with E-state index in [0.717, 1.165) is 6.07 Å².